The molecule has 2 aromatic carbocycles. The molecule has 0 atom stereocenters. The van der Waals surface area contributed by atoms with E-state index in [-0.39, 0.29) is 0 Å². The van der Waals surface area contributed by atoms with Crippen molar-refractivity contribution < 1.29 is 13.9 Å². The Hall–Kier alpha value is -2.04. The van der Waals surface area contributed by atoms with Crippen LogP contribution in [-0.4, -0.2) is 30.7 Å². The summed E-state index contributed by atoms with van der Waals surface area (Å²) >= 11 is 2.20. The van der Waals surface area contributed by atoms with Gasteiger partial charge < -0.3 is 10.5 Å². The summed E-state index contributed by atoms with van der Waals surface area (Å²) in [6, 6.07) is 10.9. The van der Waals surface area contributed by atoms with Gasteiger partial charge in [-0.05, 0) is 70.6 Å². The maximum Gasteiger partial charge on any atom is 0.150 e. The van der Waals surface area contributed by atoms with Gasteiger partial charge in [-0.1, -0.05) is 25.7 Å². The molecular formula is C22H25FIN3O2Si. The van der Waals surface area contributed by atoms with Crippen LogP contribution in [0.25, 0.3) is 22.6 Å². The second kappa shape index (κ2) is 9.40. The fourth-order valence-electron chi connectivity index (χ4n) is 3.00. The molecule has 0 aliphatic heterocycles. The van der Waals surface area contributed by atoms with Crippen LogP contribution in [0.15, 0.2) is 36.4 Å². The van der Waals surface area contributed by atoms with Crippen molar-refractivity contribution in [3.05, 3.63) is 57.0 Å². The molecule has 30 heavy (non-hydrogen) atoms. The number of allylic oxidation sites excluding steroid dienone is 1. The third kappa shape index (κ3) is 5.55. The molecule has 2 N–H and O–H groups in total. The van der Waals surface area contributed by atoms with Gasteiger partial charge in [0.15, 0.2) is 6.29 Å². The molecule has 158 valence electrons. The van der Waals surface area contributed by atoms with Gasteiger partial charge in [0.1, 0.15) is 16.2 Å². The number of nitrogens with zero attached hydrogens (tertiary/aromatic N) is 2. The predicted octanol–water partition coefficient (Wildman–Crippen LogP) is 5.41. The number of halogens is 2. The largest absolute Gasteiger partial charge is 0.398 e. The van der Waals surface area contributed by atoms with E-state index in [1.807, 2.05) is 22.9 Å². The molecule has 8 heteroatoms. The van der Waals surface area contributed by atoms with Gasteiger partial charge in [0.05, 0.1) is 5.52 Å². The first kappa shape index (κ1) is 22.6. The van der Waals surface area contributed by atoms with E-state index in [1.165, 1.54) is 18.2 Å². The van der Waals surface area contributed by atoms with E-state index in [2.05, 4.69) is 47.3 Å². The fourth-order valence-corrected chi connectivity index (χ4v) is 4.47. The van der Waals surface area contributed by atoms with Crippen molar-refractivity contribution in [2.45, 2.75) is 32.4 Å². The van der Waals surface area contributed by atoms with E-state index in [0.717, 1.165) is 26.2 Å². The van der Waals surface area contributed by atoms with Gasteiger partial charge in [-0.2, -0.15) is 5.10 Å². The highest BCUT2D eigenvalue weighted by molar-refractivity contribution is 14.1. The van der Waals surface area contributed by atoms with E-state index in [1.54, 1.807) is 6.08 Å². The molecule has 0 unspecified atom stereocenters. The maximum atomic E-state index is 13.6. The van der Waals surface area contributed by atoms with Crippen LogP contribution in [0.3, 0.4) is 0 Å². The third-order valence-electron chi connectivity index (χ3n) is 4.72. The highest BCUT2D eigenvalue weighted by Crippen LogP contribution is 2.26. The van der Waals surface area contributed by atoms with Crippen molar-refractivity contribution in [1.82, 2.24) is 9.78 Å². The Bertz CT molecular complexity index is 1110. The number of benzene rings is 2. The first-order chi connectivity index (χ1) is 14.2. The SMILES string of the molecule is C[Si](C)(C)CCOCn1nc(I)c2ccc(/C=C(/C=O)c3cc(F)ccc3N)cc21. The molecule has 3 aromatic rings. The van der Waals surface area contributed by atoms with Gasteiger partial charge in [0.25, 0.3) is 0 Å². The second-order valence-corrected chi connectivity index (χ2v) is 15.0. The minimum Gasteiger partial charge on any atom is -0.398 e. The molecule has 0 aliphatic carbocycles. The quantitative estimate of drug-likeness (QED) is 0.0794. The number of ether oxygens (including phenoxy) is 1. The summed E-state index contributed by atoms with van der Waals surface area (Å²) in [6.07, 6.45) is 2.39. The van der Waals surface area contributed by atoms with Crippen LogP contribution in [0.1, 0.15) is 11.1 Å². The van der Waals surface area contributed by atoms with Crippen LogP contribution >= 0.6 is 22.6 Å². The summed E-state index contributed by atoms with van der Waals surface area (Å²) in [7, 11) is -1.15. The molecular weight excluding hydrogens is 512 g/mol. The number of carbonyl (C=O) groups is 1. The molecule has 0 amide bonds. The minimum absolute atomic E-state index is 0.318. The number of nitrogen functional groups attached to an aromatic ring is 1. The van der Waals surface area contributed by atoms with Gasteiger partial charge in [0, 0.05) is 36.9 Å². The summed E-state index contributed by atoms with van der Waals surface area (Å²) in [5.74, 6) is -0.439. The topological polar surface area (TPSA) is 70.1 Å². The lowest BCUT2D eigenvalue weighted by atomic mass is 10.0. The zero-order valence-electron chi connectivity index (χ0n) is 17.3. The molecule has 0 saturated heterocycles. The average Bonchev–Trinajstić information content (AvgIpc) is 3.00. The standard InChI is InChI=1S/C22H25FIN3O2Si/c1-30(2,3)9-8-29-14-27-21-11-15(4-6-18(21)22(24)26-27)10-16(13-28)19-12-17(23)5-7-20(19)25/h4-7,10-13H,8-9,14,25H2,1-3H3/b16-10-. The summed E-state index contributed by atoms with van der Waals surface area (Å²) in [5, 5.41) is 5.59. The lowest BCUT2D eigenvalue weighted by molar-refractivity contribution is -0.103. The van der Waals surface area contributed by atoms with Crippen molar-refractivity contribution in [3.8, 4) is 0 Å². The van der Waals surface area contributed by atoms with Gasteiger partial charge in [-0.3, -0.25) is 4.79 Å². The smallest absolute Gasteiger partial charge is 0.150 e. The van der Waals surface area contributed by atoms with Gasteiger partial charge in [0.2, 0.25) is 0 Å². The van der Waals surface area contributed by atoms with E-state index in [4.69, 9.17) is 10.5 Å². The van der Waals surface area contributed by atoms with Crippen LogP contribution in [0, 0.1) is 9.52 Å². The van der Waals surface area contributed by atoms with Crippen LogP contribution in [-0.2, 0) is 16.3 Å². The zero-order chi connectivity index (χ0) is 21.9. The molecule has 0 fully saturated rings. The number of hydrogen-bond acceptors (Lipinski definition) is 4. The van der Waals surface area contributed by atoms with Crippen molar-refractivity contribution in [3.63, 3.8) is 0 Å². The number of anilines is 1. The lowest BCUT2D eigenvalue weighted by Gasteiger charge is -2.15. The Morgan fingerprint density at radius 2 is 2.03 bits per heavy atom. The molecule has 0 spiro atoms. The summed E-state index contributed by atoms with van der Waals surface area (Å²) in [6.45, 7) is 8.03. The molecule has 3 rings (SSSR count). The van der Waals surface area contributed by atoms with Crippen LogP contribution in [0.2, 0.25) is 25.7 Å². The molecule has 0 radical (unpaired) electrons. The summed E-state index contributed by atoms with van der Waals surface area (Å²) < 4.78 is 22.2. The molecule has 0 aliphatic rings. The van der Waals surface area contributed by atoms with Gasteiger partial charge >= 0.3 is 0 Å². The average molecular weight is 537 g/mol. The maximum absolute atomic E-state index is 13.6. The van der Waals surface area contributed by atoms with Crippen LogP contribution < -0.4 is 5.73 Å². The Morgan fingerprint density at radius 1 is 1.27 bits per heavy atom. The highest BCUT2D eigenvalue weighted by atomic mass is 127. The monoisotopic (exact) mass is 537 g/mol. The molecule has 1 aromatic heterocycles. The fraction of sp³-hybridized carbons (Fsp3) is 0.273. The molecule has 0 saturated carbocycles. The third-order valence-corrected chi connectivity index (χ3v) is 7.22. The van der Waals surface area contributed by atoms with Crippen LogP contribution in [0.4, 0.5) is 10.1 Å². The van der Waals surface area contributed by atoms with E-state index < -0.39 is 13.9 Å². The Kier molecular flexibility index (Phi) is 7.09. The predicted molar refractivity (Wildman–Crippen MR) is 131 cm³/mol. The van der Waals surface area contributed by atoms with Crippen LogP contribution in [0.5, 0.6) is 0 Å². The minimum atomic E-state index is -1.15. The van der Waals surface area contributed by atoms with E-state index >= 15 is 0 Å². The Balaban J connectivity index is 1.91. The van der Waals surface area contributed by atoms with E-state index in [0.29, 0.717) is 36.4 Å². The first-order valence-corrected chi connectivity index (χ1v) is 14.4. The number of aldehydes is 1. The number of hydrogen-bond donors (Lipinski definition) is 1. The number of aromatic nitrogens is 2. The number of rotatable bonds is 8. The molecule has 0 bridgehead atoms. The molecule has 1 heterocycles. The number of fused-ring (bicyclic) bond motifs is 1. The highest BCUT2D eigenvalue weighted by Gasteiger charge is 2.14. The Morgan fingerprint density at radius 3 is 2.73 bits per heavy atom. The Labute approximate surface area is 190 Å². The zero-order valence-corrected chi connectivity index (χ0v) is 20.4. The second-order valence-electron chi connectivity index (χ2n) is 8.36. The van der Waals surface area contributed by atoms with Crippen molar-refractivity contribution in [2.75, 3.05) is 12.3 Å². The number of nitrogens with two attached hydrogens (primary N) is 1. The van der Waals surface area contributed by atoms with Gasteiger partial charge in [-0.25, -0.2) is 9.07 Å². The van der Waals surface area contributed by atoms with Crippen molar-refractivity contribution in [2.24, 2.45) is 0 Å². The first-order valence-electron chi connectivity index (χ1n) is 9.64. The summed E-state index contributed by atoms with van der Waals surface area (Å²) in [4.78, 5) is 11.7. The van der Waals surface area contributed by atoms with Crippen molar-refractivity contribution in [1.29, 1.82) is 0 Å². The van der Waals surface area contributed by atoms with E-state index in [9.17, 15) is 9.18 Å². The summed E-state index contributed by atoms with van der Waals surface area (Å²) in [5.41, 5.74) is 8.70. The van der Waals surface area contributed by atoms with Crippen molar-refractivity contribution >= 4 is 65.2 Å². The normalized spacial score (nSPS) is 12.5. The van der Waals surface area contributed by atoms with Gasteiger partial charge in [-0.15, -0.1) is 0 Å². The lowest BCUT2D eigenvalue weighted by Crippen LogP contribution is -2.22. The number of carbonyl (C=O) groups excluding carboxylic acids is 1. The molecule has 5 nitrogen and oxygen atoms in total.